The molecule has 0 N–H and O–H groups in total. The minimum atomic E-state index is 0.612. The van der Waals surface area contributed by atoms with Crippen LogP contribution < -0.4 is 4.90 Å². The standard InChI is InChI=1S/C19H16ClNS/c1-13-6-8-17-16(12-13)21(11-10-20)19-15-5-3-2-4-14(15)7-9-18(19)22-17/h2-9,12H,10-11H2,1H3. The summed E-state index contributed by atoms with van der Waals surface area (Å²) in [6.45, 7) is 2.96. The fourth-order valence-corrected chi connectivity index (χ4v) is 4.34. The monoisotopic (exact) mass is 325 g/mol. The second kappa shape index (κ2) is 5.53. The number of hydrogen-bond acceptors (Lipinski definition) is 2. The molecule has 0 aliphatic carbocycles. The molecule has 22 heavy (non-hydrogen) atoms. The molecule has 0 radical (unpaired) electrons. The molecule has 1 nitrogen and oxygen atoms in total. The van der Waals surface area contributed by atoms with Crippen molar-refractivity contribution in [2.45, 2.75) is 16.7 Å². The van der Waals surface area contributed by atoms with E-state index in [9.17, 15) is 0 Å². The summed E-state index contributed by atoms with van der Waals surface area (Å²) in [7, 11) is 0. The molecule has 0 atom stereocenters. The van der Waals surface area contributed by atoms with Gasteiger partial charge in [-0.15, -0.1) is 11.6 Å². The third-order valence-electron chi connectivity index (χ3n) is 4.07. The van der Waals surface area contributed by atoms with Crippen LogP contribution >= 0.6 is 23.4 Å². The zero-order chi connectivity index (χ0) is 15.1. The molecule has 0 unspecified atom stereocenters. The Morgan fingerprint density at radius 3 is 2.68 bits per heavy atom. The molecule has 0 bridgehead atoms. The van der Waals surface area contributed by atoms with E-state index >= 15 is 0 Å². The van der Waals surface area contributed by atoms with Crippen LogP contribution in [-0.2, 0) is 0 Å². The molecule has 1 aliphatic heterocycles. The summed E-state index contributed by atoms with van der Waals surface area (Å²) in [5.74, 6) is 0.612. The van der Waals surface area contributed by atoms with Crippen LogP contribution in [0.1, 0.15) is 5.56 Å². The van der Waals surface area contributed by atoms with Crippen molar-refractivity contribution in [2.24, 2.45) is 0 Å². The van der Waals surface area contributed by atoms with E-state index in [4.69, 9.17) is 11.6 Å². The molecule has 1 aliphatic rings. The van der Waals surface area contributed by atoms with Gasteiger partial charge in [0, 0.05) is 27.6 Å². The second-order valence-corrected chi connectivity index (χ2v) is 7.01. The lowest BCUT2D eigenvalue weighted by Gasteiger charge is -2.33. The minimum Gasteiger partial charge on any atom is -0.338 e. The lowest BCUT2D eigenvalue weighted by atomic mass is 10.1. The highest BCUT2D eigenvalue weighted by Crippen LogP contribution is 2.50. The van der Waals surface area contributed by atoms with Crippen LogP contribution in [0.15, 0.2) is 64.4 Å². The summed E-state index contributed by atoms with van der Waals surface area (Å²) in [4.78, 5) is 4.99. The van der Waals surface area contributed by atoms with Crippen molar-refractivity contribution in [2.75, 3.05) is 17.3 Å². The van der Waals surface area contributed by atoms with Crippen LogP contribution in [0.25, 0.3) is 10.8 Å². The van der Waals surface area contributed by atoms with Gasteiger partial charge in [0.15, 0.2) is 0 Å². The lowest BCUT2D eigenvalue weighted by molar-refractivity contribution is 0.989. The van der Waals surface area contributed by atoms with Gasteiger partial charge in [0.1, 0.15) is 0 Å². The topological polar surface area (TPSA) is 3.24 Å². The molecule has 0 saturated heterocycles. The van der Waals surface area contributed by atoms with E-state index < -0.39 is 0 Å². The summed E-state index contributed by atoms with van der Waals surface area (Å²) in [5, 5.41) is 2.57. The van der Waals surface area contributed by atoms with Gasteiger partial charge < -0.3 is 4.90 Å². The van der Waals surface area contributed by atoms with E-state index in [1.807, 2.05) is 11.8 Å². The molecule has 0 fully saturated rings. The molecular weight excluding hydrogens is 310 g/mol. The Hall–Kier alpha value is -1.64. The number of aryl methyl sites for hydroxylation is 1. The maximum Gasteiger partial charge on any atom is 0.0632 e. The maximum absolute atomic E-state index is 6.11. The third kappa shape index (κ3) is 2.18. The normalized spacial score (nSPS) is 13.1. The first-order valence-corrected chi connectivity index (χ1v) is 8.77. The molecule has 3 aromatic rings. The molecule has 0 amide bonds. The highest BCUT2D eigenvalue weighted by atomic mass is 35.5. The number of alkyl halides is 1. The minimum absolute atomic E-state index is 0.612. The molecule has 0 saturated carbocycles. The van der Waals surface area contributed by atoms with Crippen LogP contribution in [0.2, 0.25) is 0 Å². The predicted molar refractivity (Wildman–Crippen MR) is 97.0 cm³/mol. The Labute approximate surface area is 139 Å². The van der Waals surface area contributed by atoms with Gasteiger partial charge in [0.25, 0.3) is 0 Å². The highest BCUT2D eigenvalue weighted by Gasteiger charge is 2.24. The Morgan fingerprint density at radius 1 is 1.00 bits per heavy atom. The van der Waals surface area contributed by atoms with E-state index in [2.05, 4.69) is 66.4 Å². The van der Waals surface area contributed by atoms with Gasteiger partial charge >= 0.3 is 0 Å². The zero-order valence-electron chi connectivity index (χ0n) is 12.3. The zero-order valence-corrected chi connectivity index (χ0v) is 13.9. The van der Waals surface area contributed by atoms with Gasteiger partial charge in [-0.25, -0.2) is 0 Å². The molecule has 4 rings (SSSR count). The van der Waals surface area contributed by atoms with E-state index in [1.54, 1.807) is 0 Å². The summed E-state index contributed by atoms with van der Waals surface area (Å²) in [5.41, 5.74) is 3.85. The predicted octanol–water partition coefficient (Wildman–Crippen LogP) is 5.99. The average molecular weight is 326 g/mol. The summed E-state index contributed by atoms with van der Waals surface area (Å²) in [6, 6.07) is 19.7. The van der Waals surface area contributed by atoms with Gasteiger partial charge in [-0.3, -0.25) is 0 Å². The van der Waals surface area contributed by atoms with Crippen LogP contribution in [0.4, 0.5) is 11.4 Å². The van der Waals surface area contributed by atoms with Crippen molar-refractivity contribution in [3.05, 3.63) is 60.2 Å². The first kappa shape index (κ1) is 14.0. The van der Waals surface area contributed by atoms with Crippen molar-refractivity contribution in [1.82, 2.24) is 0 Å². The Balaban J connectivity index is 2.00. The van der Waals surface area contributed by atoms with E-state index in [1.165, 1.54) is 37.5 Å². The van der Waals surface area contributed by atoms with Crippen LogP contribution in [-0.4, -0.2) is 12.4 Å². The molecular formula is C19H16ClNS. The Bertz CT molecular complexity index is 859. The number of fused-ring (bicyclic) bond motifs is 4. The number of rotatable bonds is 2. The fraction of sp³-hybridized carbons (Fsp3) is 0.158. The van der Waals surface area contributed by atoms with E-state index in [0.717, 1.165) is 6.54 Å². The largest absolute Gasteiger partial charge is 0.338 e. The fourth-order valence-electron chi connectivity index (χ4n) is 3.08. The van der Waals surface area contributed by atoms with Crippen LogP contribution in [0.3, 0.4) is 0 Å². The molecule has 1 heterocycles. The number of nitrogens with zero attached hydrogens (tertiary/aromatic N) is 1. The summed E-state index contributed by atoms with van der Waals surface area (Å²) >= 11 is 7.96. The van der Waals surface area contributed by atoms with Crippen LogP contribution in [0, 0.1) is 6.92 Å². The average Bonchev–Trinajstić information content (AvgIpc) is 2.55. The number of benzene rings is 3. The third-order valence-corrected chi connectivity index (χ3v) is 5.35. The Morgan fingerprint density at radius 2 is 1.82 bits per heavy atom. The molecule has 110 valence electrons. The number of anilines is 2. The number of halogens is 1. The quantitative estimate of drug-likeness (QED) is 0.532. The van der Waals surface area contributed by atoms with Crippen molar-refractivity contribution in [1.29, 1.82) is 0 Å². The molecule has 0 aromatic heterocycles. The van der Waals surface area contributed by atoms with Gasteiger partial charge in [-0.1, -0.05) is 48.2 Å². The summed E-state index contributed by atoms with van der Waals surface area (Å²) < 4.78 is 0. The first-order chi connectivity index (χ1) is 10.8. The van der Waals surface area contributed by atoms with Gasteiger partial charge in [-0.05, 0) is 36.1 Å². The van der Waals surface area contributed by atoms with Crippen molar-refractivity contribution < 1.29 is 0 Å². The second-order valence-electron chi connectivity index (χ2n) is 5.55. The molecule has 3 aromatic carbocycles. The SMILES string of the molecule is Cc1ccc2c(c1)N(CCCl)c1c(ccc3ccccc13)S2. The molecule has 3 heteroatoms. The Kier molecular flexibility index (Phi) is 3.51. The molecule has 0 spiro atoms. The lowest BCUT2D eigenvalue weighted by Crippen LogP contribution is -2.23. The number of hydrogen-bond donors (Lipinski definition) is 0. The van der Waals surface area contributed by atoms with Crippen molar-refractivity contribution in [3.63, 3.8) is 0 Å². The van der Waals surface area contributed by atoms with Crippen molar-refractivity contribution >= 4 is 45.5 Å². The van der Waals surface area contributed by atoms with Crippen molar-refractivity contribution in [3.8, 4) is 0 Å². The van der Waals surface area contributed by atoms with Gasteiger partial charge in [0.05, 0.1) is 11.4 Å². The first-order valence-electron chi connectivity index (χ1n) is 7.42. The maximum atomic E-state index is 6.11. The van der Waals surface area contributed by atoms with E-state index in [-0.39, 0.29) is 0 Å². The highest BCUT2D eigenvalue weighted by molar-refractivity contribution is 7.99. The van der Waals surface area contributed by atoms with E-state index in [0.29, 0.717) is 5.88 Å². The summed E-state index contributed by atoms with van der Waals surface area (Å²) in [6.07, 6.45) is 0. The van der Waals surface area contributed by atoms with Crippen LogP contribution in [0.5, 0.6) is 0 Å². The van der Waals surface area contributed by atoms with Gasteiger partial charge in [-0.2, -0.15) is 0 Å². The van der Waals surface area contributed by atoms with Gasteiger partial charge in [0.2, 0.25) is 0 Å². The smallest absolute Gasteiger partial charge is 0.0632 e.